The number of para-hydroxylation sites is 1. The molecule has 6 heteroatoms. The summed E-state index contributed by atoms with van der Waals surface area (Å²) in [5.74, 6) is -0.165. The van der Waals surface area contributed by atoms with Gasteiger partial charge in [-0.15, -0.1) is 0 Å². The molecule has 0 aliphatic heterocycles. The first-order valence-electron chi connectivity index (χ1n) is 7.92. The van der Waals surface area contributed by atoms with Gasteiger partial charge in [-0.25, -0.2) is 4.98 Å². The maximum atomic E-state index is 12.4. The maximum Gasteiger partial charge on any atom is 0.261 e. The molecule has 0 bridgehead atoms. The predicted molar refractivity (Wildman–Crippen MR) is 87.2 cm³/mol. The zero-order chi connectivity index (χ0) is 16.4. The Labute approximate surface area is 134 Å². The topological polar surface area (TPSA) is 84.2 Å². The lowest BCUT2D eigenvalue weighted by Gasteiger charge is -2.36. The summed E-state index contributed by atoms with van der Waals surface area (Å²) in [5.41, 5.74) is 0.793. The lowest BCUT2D eigenvalue weighted by molar-refractivity contribution is -0.123. The van der Waals surface area contributed by atoms with Crippen molar-refractivity contribution >= 4 is 16.8 Å². The summed E-state index contributed by atoms with van der Waals surface area (Å²) in [5, 5.41) is 13.3. The van der Waals surface area contributed by atoms with E-state index in [1.165, 1.54) is 10.9 Å². The van der Waals surface area contributed by atoms with Gasteiger partial charge in [0.15, 0.2) is 0 Å². The standard InChI is InChI=1S/C17H21N3O3/c1-12-4-2-5-13-15(12)19-11-20(16(13)22)9-6-14(21)18-10-17(23)7-3-8-17/h2,4-5,11,23H,3,6-10H2,1H3,(H,18,21). The van der Waals surface area contributed by atoms with E-state index < -0.39 is 5.60 Å². The number of aliphatic hydroxyl groups is 1. The van der Waals surface area contributed by atoms with Gasteiger partial charge < -0.3 is 10.4 Å². The number of hydrogen-bond donors (Lipinski definition) is 2. The molecule has 1 aromatic heterocycles. The number of aryl methyl sites for hydroxylation is 2. The van der Waals surface area contributed by atoms with Crippen LogP contribution in [0.3, 0.4) is 0 Å². The van der Waals surface area contributed by atoms with E-state index in [9.17, 15) is 14.7 Å². The molecule has 1 amide bonds. The first kappa shape index (κ1) is 15.7. The number of aromatic nitrogens is 2. The highest BCUT2D eigenvalue weighted by atomic mass is 16.3. The van der Waals surface area contributed by atoms with Crippen molar-refractivity contribution in [3.8, 4) is 0 Å². The molecule has 2 aromatic rings. The van der Waals surface area contributed by atoms with Crippen LogP contribution in [-0.2, 0) is 11.3 Å². The molecule has 1 heterocycles. The fourth-order valence-corrected chi connectivity index (χ4v) is 2.83. The molecule has 0 atom stereocenters. The van der Waals surface area contributed by atoms with E-state index in [-0.39, 0.29) is 31.0 Å². The fraction of sp³-hybridized carbons (Fsp3) is 0.471. The van der Waals surface area contributed by atoms with Gasteiger partial charge in [0.1, 0.15) is 0 Å². The van der Waals surface area contributed by atoms with Crippen molar-refractivity contribution in [2.75, 3.05) is 6.54 Å². The Balaban J connectivity index is 1.64. The third kappa shape index (κ3) is 3.27. The van der Waals surface area contributed by atoms with Crippen LogP contribution in [0.5, 0.6) is 0 Å². The summed E-state index contributed by atoms with van der Waals surface area (Å²) in [4.78, 5) is 28.6. The largest absolute Gasteiger partial charge is 0.388 e. The Bertz CT molecular complexity index is 793. The zero-order valence-electron chi connectivity index (χ0n) is 13.2. The van der Waals surface area contributed by atoms with Gasteiger partial charge in [0.2, 0.25) is 5.91 Å². The summed E-state index contributed by atoms with van der Waals surface area (Å²) in [6, 6.07) is 5.50. The number of fused-ring (bicyclic) bond motifs is 1. The van der Waals surface area contributed by atoms with E-state index >= 15 is 0 Å². The second kappa shape index (κ2) is 6.12. The minimum Gasteiger partial charge on any atom is -0.388 e. The van der Waals surface area contributed by atoms with Gasteiger partial charge in [-0.3, -0.25) is 14.2 Å². The molecule has 1 aliphatic rings. The van der Waals surface area contributed by atoms with Crippen molar-refractivity contribution in [1.82, 2.24) is 14.9 Å². The Morgan fingerprint density at radius 1 is 1.43 bits per heavy atom. The van der Waals surface area contributed by atoms with Crippen LogP contribution in [0.2, 0.25) is 0 Å². The molecule has 122 valence electrons. The molecule has 0 radical (unpaired) electrons. The summed E-state index contributed by atoms with van der Waals surface area (Å²) in [6.07, 6.45) is 4.16. The quantitative estimate of drug-likeness (QED) is 0.866. The number of nitrogens with one attached hydrogen (secondary N) is 1. The number of rotatable bonds is 5. The van der Waals surface area contributed by atoms with Crippen LogP contribution in [0.25, 0.3) is 10.9 Å². The Hall–Kier alpha value is -2.21. The van der Waals surface area contributed by atoms with Gasteiger partial charge in [-0.05, 0) is 37.8 Å². The number of amides is 1. The van der Waals surface area contributed by atoms with Gasteiger partial charge in [-0.1, -0.05) is 12.1 Å². The maximum absolute atomic E-state index is 12.4. The van der Waals surface area contributed by atoms with Crippen molar-refractivity contribution in [1.29, 1.82) is 0 Å². The molecule has 0 unspecified atom stereocenters. The molecular formula is C17H21N3O3. The Kier molecular flexibility index (Phi) is 4.17. The third-order valence-electron chi connectivity index (χ3n) is 4.53. The van der Waals surface area contributed by atoms with Gasteiger partial charge >= 0.3 is 0 Å². The van der Waals surface area contributed by atoms with E-state index in [1.807, 2.05) is 19.1 Å². The van der Waals surface area contributed by atoms with Gasteiger partial charge in [-0.2, -0.15) is 0 Å². The summed E-state index contributed by atoms with van der Waals surface area (Å²) in [6.45, 7) is 2.48. The van der Waals surface area contributed by atoms with E-state index in [2.05, 4.69) is 10.3 Å². The smallest absolute Gasteiger partial charge is 0.261 e. The number of hydrogen-bond acceptors (Lipinski definition) is 4. The minimum absolute atomic E-state index is 0.135. The predicted octanol–water partition coefficient (Wildman–Crippen LogP) is 1.13. The molecule has 6 nitrogen and oxygen atoms in total. The highest BCUT2D eigenvalue weighted by molar-refractivity contribution is 5.80. The van der Waals surface area contributed by atoms with Crippen molar-refractivity contribution < 1.29 is 9.90 Å². The van der Waals surface area contributed by atoms with Crippen LogP contribution in [0.1, 0.15) is 31.2 Å². The molecule has 23 heavy (non-hydrogen) atoms. The minimum atomic E-state index is -0.728. The molecule has 1 aliphatic carbocycles. The van der Waals surface area contributed by atoms with E-state index in [4.69, 9.17) is 0 Å². The van der Waals surface area contributed by atoms with Crippen LogP contribution >= 0.6 is 0 Å². The molecule has 1 fully saturated rings. The van der Waals surface area contributed by atoms with Gasteiger partial charge in [0.05, 0.1) is 22.8 Å². The van der Waals surface area contributed by atoms with Crippen molar-refractivity contribution in [3.63, 3.8) is 0 Å². The SMILES string of the molecule is Cc1cccc2c(=O)n(CCC(=O)NCC3(O)CCC3)cnc12. The summed E-state index contributed by atoms with van der Waals surface area (Å²) in [7, 11) is 0. The van der Waals surface area contributed by atoms with E-state index in [0.717, 1.165) is 24.8 Å². The lowest BCUT2D eigenvalue weighted by atomic mass is 9.80. The van der Waals surface area contributed by atoms with E-state index in [0.29, 0.717) is 10.9 Å². The molecule has 0 saturated heterocycles. The highest BCUT2D eigenvalue weighted by Crippen LogP contribution is 2.30. The molecular weight excluding hydrogens is 294 g/mol. The molecule has 1 aromatic carbocycles. The first-order valence-corrected chi connectivity index (χ1v) is 7.92. The van der Waals surface area contributed by atoms with Crippen LogP contribution in [0.4, 0.5) is 0 Å². The second-order valence-electron chi connectivity index (χ2n) is 6.32. The molecule has 2 N–H and O–H groups in total. The van der Waals surface area contributed by atoms with E-state index in [1.54, 1.807) is 6.07 Å². The Morgan fingerprint density at radius 3 is 2.91 bits per heavy atom. The van der Waals surface area contributed by atoms with Crippen LogP contribution in [0, 0.1) is 6.92 Å². The van der Waals surface area contributed by atoms with Crippen LogP contribution < -0.4 is 10.9 Å². The Morgan fingerprint density at radius 2 is 2.22 bits per heavy atom. The number of nitrogens with zero attached hydrogens (tertiary/aromatic N) is 2. The monoisotopic (exact) mass is 315 g/mol. The second-order valence-corrected chi connectivity index (χ2v) is 6.32. The summed E-state index contributed by atoms with van der Waals surface area (Å²) >= 11 is 0. The van der Waals surface area contributed by atoms with Gasteiger partial charge in [0.25, 0.3) is 5.56 Å². The zero-order valence-corrected chi connectivity index (χ0v) is 13.2. The van der Waals surface area contributed by atoms with Crippen molar-refractivity contribution in [2.24, 2.45) is 0 Å². The fourth-order valence-electron chi connectivity index (χ4n) is 2.83. The van der Waals surface area contributed by atoms with Crippen LogP contribution in [-0.4, -0.2) is 32.7 Å². The van der Waals surface area contributed by atoms with Gasteiger partial charge in [0, 0.05) is 19.5 Å². The number of carbonyl (C=O) groups is 1. The molecule has 1 saturated carbocycles. The average Bonchev–Trinajstić information content (AvgIpc) is 2.51. The molecule has 3 rings (SSSR count). The molecule has 0 spiro atoms. The first-order chi connectivity index (χ1) is 11.0. The number of benzene rings is 1. The average molecular weight is 315 g/mol. The lowest BCUT2D eigenvalue weighted by Crippen LogP contribution is -2.47. The van der Waals surface area contributed by atoms with Crippen molar-refractivity contribution in [2.45, 2.75) is 44.8 Å². The number of carbonyl (C=O) groups excluding carboxylic acids is 1. The normalized spacial score (nSPS) is 16.1. The highest BCUT2D eigenvalue weighted by Gasteiger charge is 2.34. The third-order valence-corrected chi connectivity index (χ3v) is 4.53. The van der Waals surface area contributed by atoms with Crippen molar-refractivity contribution in [3.05, 3.63) is 40.4 Å². The summed E-state index contributed by atoms with van der Waals surface area (Å²) < 4.78 is 1.46. The van der Waals surface area contributed by atoms with Crippen LogP contribution in [0.15, 0.2) is 29.3 Å².